The molecule has 2 aromatic rings. The summed E-state index contributed by atoms with van der Waals surface area (Å²) in [5, 5.41) is 3.04. The number of rotatable bonds is 13. The van der Waals surface area contributed by atoms with Crippen LogP contribution in [-0.2, 0) is 4.79 Å². The molecule has 1 aliphatic rings. The summed E-state index contributed by atoms with van der Waals surface area (Å²) < 4.78 is 11.3. The summed E-state index contributed by atoms with van der Waals surface area (Å²) in [7, 11) is 0. The molecule has 180 valence electrons. The highest BCUT2D eigenvalue weighted by atomic mass is 16.5. The van der Waals surface area contributed by atoms with Gasteiger partial charge in [-0.1, -0.05) is 24.3 Å². The summed E-state index contributed by atoms with van der Waals surface area (Å²) in [6.45, 7) is 11.4. The number of carbonyl (C=O) groups excluding carboxylic acids is 1. The number of ether oxygens (including phenoxy) is 2. The molecule has 1 amide bonds. The number of unbranched alkanes of at least 4 members (excludes halogenated alkanes) is 1. The van der Waals surface area contributed by atoms with Gasteiger partial charge in [0.1, 0.15) is 0 Å². The van der Waals surface area contributed by atoms with Crippen molar-refractivity contribution in [2.75, 3.05) is 57.4 Å². The average molecular weight is 454 g/mol. The Labute approximate surface area is 198 Å². The van der Waals surface area contributed by atoms with Gasteiger partial charge in [-0.15, -0.1) is 0 Å². The highest BCUT2D eigenvalue weighted by molar-refractivity contribution is 5.75. The van der Waals surface area contributed by atoms with Crippen molar-refractivity contribution in [2.24, 2.45) is 0 Å². The highest BCUT2D eigenvalue weighted by Crippen LogP contribution is 2.26. The van der Waals surface area contributed by atoms with Crippen LogP contribution >= 0.6 is 0 Å². The molecule has 0 bridgehead atoms. The van der Waals surface area contributed by atoms with E-state index in [1.54, 1.807) is 0 Å². The van der Waals surface area contributed by atoms with Crippen LogP contribution in [-0.4, -0.2) is 63.3 Å². The number of nitrogens with one attached hydrogen (secondary N) is 1. The fraction of sp³-hybridized carbons (Fsp3) is 0.519. The Balaban J connectivity index is 1.20. The van der Waals surface area contributed by atoms with Crippen LogP contribution in [0.15, 0.2) is 48.5 Å². The van der Waals surface area contributed by atoms with Crippen LogP contribution in [0.3, 0.4) is 0 Å². The summed E-state index contributed by atoms with van der Waals surface area (Å²) in [6.07, 6.45) is 3.30. The monoisotopic (exact) mass is 453 g/mol. The molecule has 0 saturated carbocycles. The van der Waals surface area contributed by atoms with Crippen molar-refractivity contribution in [1.82, 2.24) is 10.2 Å². The molecule has 0 atom stereocenters. The second-order valence-corrected chi connectivity index (χ2v) is 8.56. The molecule has 33 heavy (non-hydrogen) atoms. The van der Waals surface area contributed by atoms with E-state index in [1.165, 1.54) is 11.3 Å². The van der Waals surface area contributed by atoms with Crippen molar-refractivity contribution in [2.45, 2.75) is 39.5 Å². The smallest absolute Gasteiger partial charge is 0.220 e. The molecule has 0 unspecified atom stereocenters. The second-order valence-electron chi connectivity index (χ2n) is 8.56. The molecule has 1 heterocycles. The van der Waals surface area contributed by atoms with Gasteiger partial charge in [-0.05, 0) is 69.5 Å². The van der Waals surface area contributed by atoms with Gasteiger partial charge in [-0.25, -0.2) is 0 Å². The van der Waals surface area contributed by atoms with Crippen LogP contribution in [0.25, 0.3) is 0 Å². The van der Waals surface area contributed by atoms with Gasteiger partial charge in [-0.3, -0.25) is 9.69 Å². The summed E-state index contributed by atoms with van der Waals surface area (Å²) in [5.41, 5.74) is 2.65. The fourth-order valence-electron chi connectivity index (χ4n) is 4.09. The average Bonchev–Trinajstić information content (AvgIpc) is 2.83. The van der Waals surface area contributed by atoms with E-state index in [1.807, 2.05) is 31.2 Å². The van der Waals surface area contributed by atoms with Crippen LogP contribution in [0.5, 0.6) is 11.5 Å². The van der Waals surface area contributed by atoms with E-state index >= 15 is 0 Å². The molecule has 1 aliphatic heterocycles. The lowest BCUT2D eigenvalue weighted by Crippen LogP contribution is -2.46. The summed E-state index contributed by atoms with van der Waals surface area (Å²) in [5.74, 6) is 1.59. The van der Waals surface area contributed by atoms with E-state index < -0.39 is 0 Å². The highest BCUT2D eigenvalue weighted by Gasteiger charge is 2.16. The van der Waals surface area contributed by atoms with Gasteiger partial charge < -0.3 is 19.7 Å². The van der Waals surface area contributed by atoms with Gasteiger partial charge in [0, 0.05) is 44.8 Å². The molecule has 0 aliphatic carbocycles. The largest absolute Gasteiger partial charge is 0.490 e. The normalized spacial score (nSPS) is 14.2. The van der Waals surface area contributed by atoms with E-state index in [-0.39, 0.29) is 5.91 Å². The number of carbonyl (C=O) groups is 1. The number of nitrogens with zero attached hydrogens (tertiary/aromatic N) is 2. The molecular weight excluding hydrogens is 414 g/mol. The molecule has 3 rings (SSSR count). The molecule has 0 radical (unpaired) electrons. The zero-order valence-corrected chi connectivity index (χ0v) is 20.2. The van der Waals surface area contributed by atoms with Crippen molar-refractivity contribution in [3.05, 3.63) is 54.1 Å². The maximum absolute atomic E-state index is 12.1. The Morgan fingerprint density at radius 2 is 1.70 bits per heavy atom. The van der Waals surface area contributed by atoms with Gasteiger partial charge in [0.2, 0.25) is 5.91 Å². The van der Waals surface area contributed by atoms with Gasteiger partial charge in [0.15, 0.2) is 11.5 Å². The quantitative estimate of drug-likeness (QED) is 0.459. The SMILES string of the molecule is CCOc1ccccc1OCCCC(=O)NCCCCN1CCN(c2cccc(C)c2)CC1. The topological polar surface area (TPSA) is 54.0 Å². The van der Waals surface area contributed by atoms with Crippen molar-refractivity contribution >= 4 is 11.6 Å². The molecule has 6 heteroatoms. The third-order valence-corrected chi connectivity index (χ3v) is 5.92. The Morgan fingerprint density at radius 1 is 0.939 bits per heavy atom. The second kappa shape index (κ2) is 13.7. The molecule has 1 saturated heterocycles. The Bertz CT molecular complexity index is 850. The number of piperazine rings is 1. The molecule has 0 aromatic heterocycles. The number of aryl methyl sites for hydroxylation is 1. The minimum absolute atomic E-state index is 0.100. The first-order chi connectivity index (χ1) is 16.2. The van der Waals surface area contributed by atoms with Crippen molar-refractivity contribution in [3.8, 4) is 11.5 Å². The van der Waals surface area contributed by atoms with Crippen LogP contribution in [0.4, 0.5) is 5.69 Å². The molecule has 2 aromatic carbocycles. The van der Waals surface area contributed by atoms with Crippen LogP contribution in [0.1, 0.15) is 38.2 Å². The number of anilines is 1. The minimum atomic E-state index is 0.100. The predicted octanol–water partition coefficient (Wildman–Crippen LogP) is 4.27. The van der Waals surface area contributed by atoms with E-state index in [0.29, 0.717) is 26.1 Å². The van der Waals surface area contributed by atoms with Crippen LogP contribution in [0.2, 0.25) is 0 Å². The maximum Gasteiger partial charge on any atom is 0.220 e. The van der Waals surface area contributed by atoms with Crippen LogP contribution in [0, 0.1) is 6.92 Å². The zero-order chi connectivity index (χ0) is 23.3. The Kier molecular flexibility index (Phi) is 10.4. The third-order valence-electron chi connectivity index (χ3n) is 5.92. The first-order valence-corrected chi connectivity index (χ1v) is 12.3. The number of amides is 1. The lowest BCUT2D eigenvalue weighted by atomic mass is 10.2. The van der Waals surface area contributed by atoms with Crippen molar-refractivity contribution in [3.63, 3.8) is 0 Å². The lowest BCUT2D eigenvalue weighted by molar-refractivity contribution is -0.121. The third kappa shape index (κ3) is 8.61. The Morgan fingerprint density at radius 3 is 2.42 bits per heavy atom. The maximum atomic E-state index is 12.1. The zero-order valence-electron chi connectivity index (χ0n) is 20.2. The van der Waals surface area contributed by atoms with Gasteiger partial charge in [0.25, 0.3) is 0 Å². The molecule has 1 fully saturated rings. The number of benzene rings is 2. The van der Waals surface area contributed by atoms with E-state index in [9.17, 15) is 4.79 Å². The molecule has 1 N–H and O–H groups in total. The molecule has 6 nitrogen and oxygen atoms in total. The Hall–Kier alpha value is -2.73. The van der Waals surface area contributed by atoms with Gasteiger partial charge >= 0.3 is 0 Å². The van der Waals surface area contributed by atoms with Gasteiger partial charge in [0.05, 0.1) is 13.2 Å². The summed E-state index contributed by atoms with van der Waals surface area (Å²) >= 11 is 0. The molecular formula is C27H39N3O3. The van der Waals surface area contributed by atoms with E-state index in [0.717, 1.165) is 63.6 Å². The fourth-order valence-corrected chi connectivity index (χ4v) is 4.09. The first-order valence-electron chi connectivity index (χ1n) is 12.3. The molecule has 0 spiro atoms. The lowest BCUT2D eigenvalue weighted by Gasteiger charge is -2.36. The number of para-hydroxylation sites is 2. The van der Waals surface area contributed by atoms with E-state index in [4.69, 9.17) is 9.47 Å². The first kappa shape index (κ1) is 24.9. The number of hydrogen-bond donors (Lipinski definition) is 1. The summed E-state index contributed by atoms with van der Waals surface area (Å²) in [6, 6.07) is 16.4. The van der Waals surface area contributed by atoms with E-state index in [2.05, 4.69) is 46.3 Å². The predicted molar refractivity (Wildman–Crippen MR) is 134 cm³/mol. The minimum Gasteiger partial charge on any atom is -0.490 e. The number of hydrogen-bond acceptors (Lipinski definition) is 5. The summed E-state index contributed by atoms with van der Waals surface area (Å²) in [4.78, 5) is 17.1. The van der Waals surface area contributed by atoms with Crippen molar-refractivity contribution in [1.29, 1.82) is 0 Å². The van der Waals surface area contributed by atoms with Crippen LogP contribution < -0.4 is 19.7 Å². The standard InChI is InChI=1S/C27H39N3O3/c1-3-32-25-12-4-5-13-26(25)33-21-9-14-27(31)28-15-6-7-16-29-17-19-30(20-18-29)24-11-8-10-23(2)22-24/h4-5,8,10-13,22H,3,6-7,9,14-21H2,1-2H3,(H,28,31). The van der Waals surface area contributed by atoms with Gasteiger partial charge in [-0.2, -0.15) is 0 Å². The van der Waals surface area contributed by atoms with Crippen molar-refractivity contribution < 1.29 is 14.3 Å².